The third-order valence-corrected chi connectivity index (χ3v) is 3.11. The SMILES string of the molecule is c1ccc(N2COCc3ccccc3C2)cc1. The van der Waals surface area contributed by atoms with Gasteiger partial charge in [-0.1, -0.05) is 42.5 Å². The number of nitrogens with zero attached hydrogens (tertiary/aromatic N) is 1. The van der Waals surface area contributed by atoms with Gasteiger partial charge in [0.25, 0.3) is 0 Å². The van der Waals surface area contributed by atoms with Gasteiger partial charge >= 0.3 is 0 Å². The molecule has 0 saturated heterocycles. The Hall–Kier alpha value is -1.80. The number of fused-ring (bicyclic) bond motifs is 1. The molecule has 0 radical (unpaired) electrons. The second kappa shape index (κ2) is 4.60. The fraction of sp³-hybridized carbons (Fsp3) is 0.200. The molecule has 0 atom stereocenters. The molecule has 3 rings (SSSR count). The summed E-state index contributed by atoms with van der Waals surface area (Å²) >= 11 is 0. The first-order valence-electron chi connectivity index (χ1n) is 5.88. The molecule has 0 N–H and O–H groups in total. The number of anilines is 1. The Bertz CT molecular complexity index is 495. The van der Waals surface area contributed by atoms with Crippen LogP contribution in [0.3, 0.4) is 0 Å². The maximum absolute atomic E-state index is 5.71. The van der Waals surface area contributed by atoms with Crippen LogP contribution in [0.4, 0.5) is 5.69 Å². The molecule has 1 aliphatic heterocycles. The van der Waals surface area contributed by atoms with Crippen molar-refractivity contribution in [3.8, 4) is 0 Å². The van der Waals surface area contributed by atoms with Gasteiger partial charge in [-0.05, 0) is 23.3 Å². The van der Waals surface area contributed by atoms with Crippen molar-refractivity contribution in [1.29, 1.82) is 0 Å². The van der Waals surface area contributed by atoms with Crippen molar-refractivity contribution in [2.24, 2.45) is 0 Å². The third-order valence-electron chi connectivity index (χ3n) is 3.11. The molecule has 2 aromatic carbocycles. The van der Waals surface area contributed by atoms with E-state index in [0.717, 1.165) is 6.54 Å². The van der Waals surface area contributed by atoms with Crippen LogP contribution in [0, 0.1) is 0 Å². The van der Waals surface area contributed by atoms with Crippen LogP contribution in [0.5, 0.6) is 0 Å². The molecule has 0 saturated carbocycles. The van der Waals surface area contributed by atoms with Gasteiger partial charge in [0.15, 0.2) is 0 Å². The Morgan fingerprint density at radius 1 is 0.824 bits per heavy atom. The summed E-state index contributed by atoms with van der Waals surface area (Å²) in [6.07, 6.45) is 0. The quantitative estimate of drug-likeness (QED) is 0.739. The number of rotatable bonds is 1. The molecular weight excluding hydrogens is 210 g/mol. The van der Waals surface area contributed by atoms with Crippen LogP contribution in [0.15, 0.2) is 54.6 Å². The molecule has 0 unspecified atom stereocenters. The molecule has 2 nitrogen and oxygen atoms in total. The summed E-state index contributed by atoms with van der Waals surface area (Å²) in [6, 6.07) is 18.9. The summed E-state index contributed by atoms with van der Waals surface area (Å²) in [5.41, 5.74) is 3.86. The summed E-state index contributed by atoms with van der Waals surface area (Å²) in [5, 5.41) is 0. The molecule has 1 aliphatic rings. The number of ether oxygens (including phenoxy) is 1. The van der Waals surface area contributed by atoms with E-state index in [9.17, 15) is 0 Å². The van der Waals surface area contributed by atoms with Crippen LogP contribution < -0.4 is 4.90 Å². The molecule has 0 aromatic heterocycles. The fourth-order valence-electron chi connectivity index (χ4n) is 2.17. The van der Waals surface area contributed by atoms with Crippen LogP contribution >= 0.6 is 0 Å². The average molecular weight is 225 g/mol. The first-order chi connectivity index (χ1) is 8.43. The Morgan fingerprint density at radius 2 is 1.53 bits per heavy atom. The van der Waals surface area contributed by atoms with Crippen molar-refractivity contribution in [2.75, 3.05) is 11.6 Å². The van der Waals surface area contributed by atoms with Crippen LogP contribution in [0.1, 0.15) is 11.1 Å². The number of hydrogen-bond donors (Lipinski definition) is 0. The molecule has 0 bridgehead atoms. The smallest absolute Gasteiger partial charge is 0.119 e. The number of hydrogen-bond acceptors (Lipinski definition) is 2. The molecule has 17 heavy (non-hydrogen) atoms. The Kier molecular flexibility index (Phi) is 2.80. The second-order valence-corrected chi connectivity index (χ2v) is 4.28. The van der Waals surface area contributed by atoms with Gasteiger partial charge in [-0.2, -0.15) is 0 Å². The van der Waals surface area contributed by atoms with E-state index in [-0.39, 0.29) is 0 Å². The van der Waals surface area contributed by atoms with Gasteiger partial charge in [0.05, 0.1) is 6.61 Å². The Balaban J connectivity index is 1.91. The van der Waals surface area contributed by atoms with E-state index in [1.165, 1.54) is 16.8 Å². The molecule has 0 amide bonds. The van der Waals surface area contributed by atoms with Crippen molar-refractivity contribution in [3.05, 3.63) is 65.7 Å². The highest BCUT2D eigenvalue weighted by Gasteiger charge is 2.13. The highest BCUT2D eigenvalue weighted by Crippen LogP contribution is 2.22. The maximum Gasteiger partial charge on any atom is 0.119 e. The van der Waals surface area contributed by atoms with Crippen LogP contribution in [-0.2, 0) is 17.9 Å². The molecule has 86 valence electrons. The van der Waals surface area contributed by atoms with E-state index in [1.54, 1.807) is 0 Å². The lowest BCUT2D eigenvalue weighted by Crippen LogP contribution is -2.23. The average Bonchev–Trinajstić information content (AvgIpc) is 2.62. The minimum atomic E-state index is 0.651. The molecule has 0 spiro atoms. The number of benzene rings is 2. The van der Waals surface area contributed by atoms with Gasteiger partial charge in [0.1, 0.15) is 6.73 Å². The predicted molar refractivity (Wildman–Crippen MR) is 68.7 cm³/mol. The highest BCUT2D eigenvalue weighted by atomic mass is 16.5. The van der Waals surface area contributed by atoms with Crippen LogP contribution in [-0.4, -0.2) is 6.73 Å². The third kappa shape index (κ3) is 2.17. The lowest BCUT2D eigenvalue weighted by atomic mass is 10.1. The van der Waals surface area contributed by atoms with Gasteiger partial charge in [-0.15, -0.1) is 0 Å². The van der Waals surface area contributed by atoms with Gasteiger partial charge in [0, 0.05) is 12.2 Å². The molecular formula is C15H15NO. The normalized spacial score (nSPS) is 15.2. The topological polar surface area (TPSA) is 12.5 Å². The predicted octanol–water partition coefficient (Wildman–Crippen LogP) is 3.18. The standard InChI is InChI=1S/C15H15NO/c1-2-8-15(9-3-1)16-10-13-6-4-5-7-14(13)11-17-12-16/h1-9H,10-12H2. The van der Waals surface area contributed by atoms with E-state index in [2.05, 4.69) is 53.4 Å². The first-order valence-corrected chi connectivity index (χ1v) is 5.88. The summed E-state index contributed by atoms with van der Waals surface area (Å²) in [4.78, 5) is 2.26. The second-order valence-electron chi connectivity index (χ2n) is 4.28. The largest absolute Gasteiger partial charge is 0.356 e. The minimum absolute atomic E-state index is 0.651. The molecule has 0 fully saturated rings. The minimum Gasteiger partial charge on any atom is -0.356 e. The molecule has 2 aromatic rings. The van der Waals surface area contributed by atoms with Crippen molar-refractivity contribution in [3.63, 3.8) is 0 Å². The lowest BCUT2D eigenvalue weighted by molar-refractivity contribution is 0.126. The van der Waals surface area contributed by atoms with E-state index < -0.39 is 0 Å². The maximum atomic E-state index is 5.71. The van der Waals surface area contributed by atoms with Gasteiger partial charge in [-0.25, -0.2) is 0 Å². The first kappa shape index (κ1) is 10.4. The van der Waals surface area contributed by atoms with E-state index in [4.69, 9.17) is 4.74 Å². The van der Waals surface area contributed by atoms with E-state index in [1.807, 2.05) is 6.07 Å². The zero-order chi connectivity index (χ0) is 11.5. The van der Waals surface area contributed by atoms with E-state index >= 15 is 0 Å². The van der Waals surface area contributed by atoms with Crippen molar-refractivity contribution < 1.29 is 4.74 Å². The lowest BCUT2D eigenvalue weighted by Gasteiger charge is -2.22. The Labute approximate surface area is 101 Å². The van der Waals surface area contributed by atoms with E-state index in [0.29, 0.717) is 13.3 Å². The van der Waals surface area contributed by atoms with Gasteiger partial charge in [-0.3, -0.25) is 0 Å². The summed E-state index contributed by atoms with van der Waals surface area (Å²) in [6.45, 7) is 2.28. The zero-order valence-electron chi connectivity index (χ0n) is 9.67. The van der Waals surface area contributed by atoms with Crippen molar-refractivity contribution in [1.82, 2.24) is 0 Å². The van der Waals surface area contributed by atoms with Crippen LogP contribution in [0.2, 0.25) is 0 Å². The van der Waals surface area contributed by atoms with Gasteiger partial charge in [0.2, 0.25) is 0 Å². The zero-order valence-corrected chi connectivity index (χ0v) is 9.67. The molecule has 0 aliphatic carbocycles. The van der Waals surface area contributed by atoms with Crippen LogP contribution in [0.25, 0.3) is 0 Å². The fourth-order valence-corrected chi connectivity index (χ4v) is 2.17. The Morgan fingerprint density at radius 3 is 2.35 bits per heavy atom. The summed E-state index contributed by atoms with van der Waals surface area (Å²) in [7, 11) is 0. The molecule has 1 heterocycles. The monoisotopic (exact) mass is 225 g/mol. The molecule has 2 heteroatoms. The van der Waals surface area contributed by atoms with Crippen molar-refractivity contribution >= 4 is 5.69 Å². The summed E-state index contributed by atoms with van der Waals surface area (Å²) in [5.74, 6) is 0. The summed E-state index contributed by atoms with van der Waals surface area (Å²) < 4.78 is 5.71. The highest BCUT2D eigenvalue weighted by molar-refractivity contribution is 5.47. The van der Waals surface area contributed by atoms with Crippen molar-refractivity contribution in [2.45, 2.75) is 13.2 Å². The number of para-hydroxylation sites is 1. The van der Waals surface area contributed by atoms with Gasteiger partial charge < -0.3 is 9.64 Å².